The molecule has 3 nitrogen and oxygen atoms in total. The van der Waals surface area contributed by atoms with Crippen LogP contribution in [0.3, 0.4) is 0 Å². The normalized spacial score (nSPS) is 12.9. The van der Waals surface area contributed by atoms with Gasteiger partial charge in [0.25, 0.3) is 0 Å². The average molecular weight is 248 g/mol. The van der Waals surface area contributed by atoms with Crippen molar-refractivity contribution >= 4 is 0 Å². The number of nitriles is 2. The van der Waals surface area contributed by atoms with Gasteiger partial charge in [0.1, 0.15) is 0 Å². The van der Waals surface area contributed by atoms with Gasteiger partial charge in [-0.05, 0) is 11.1 Å². The van der Waals surface area contributed by atoms with E-state index in [0.717, 1.165) is 11.1 Å². The van der Waals surface area contributed by atoms with Gasteiger partial charge < -0.3 is 4.74 Å². The van der Waals surface area contributed by atoms with E-state index in [0.29, 0.717) is 0 Å². The highest BCUT2D eigenvalue weighted by molar-refractivity contribution is 5.25. The van der Waals surface area contributed by atoms with Crippen molar-refractivity contribution in [2.75, 3.05) is 0 Å². The molecule has 3 heteroatoms. The molecule has 0 saturated heterocycles. The molecule has 0 aromatic heterocycles. The lowest BCUT2D eigenvalue weighted by atomic mass is 10.1. The summed E-state index contributed by atoms with van der Waals surface area (Å²) < 4.78 is 5.60. The van der Waals surface area contributed by atoms with Crippen molar-refractivity contribution < 1.29 is 4.74 Å². The van der Waals surface area contributed by atoms with E-state index in [9.17, 15) is 10.5 Å². The lowest BCUT2D eigenvalue weighted by Crippen LogP contribution is -2.07. The molecule has 2 atom stereocenters. The van der Waals surface area contributed by atoms with Crippen molar-refractivity contribution in [3.63, 3.8) is 0 Å². The Morgan fingerprint density at radius 3 is 1.37 bits per heavy atom. The Bertz CT molecular complexity index is 541. The SMILES string of the molecule is N#CC(OC(C#N)c1ccccc1)c1ccccc1. The first-order valence-corrected chi connectivity index (χ1v) is 5.89. The lowest BCUT2D eigenvalue weighted by molar-refractivity contribution is 0.0489. The van der Waals surface area contributed by atoms with Crippen molar-refractivity contribution in [2.45, 2.75) is 12.2 Å². The van der Waals surface area contributed by atoms with Crippen molar-refractivity contribution in [3.8, 4) is 12.1 Å². The lowest BCUT2D eigenvalue weighted by Gasteiger charge is -2.15. The van der Waals surface area contributed by atoms with Gasteiger partial charge in [-0.2, -0.15) is 10.5 Å². The second-order valence-electron chi connectivity index (χ2n) is 3.98. The van der Waals surface area contributed by atoms with Gasteiger partial charge >= 0.3 is 0 Å². The summed E-state index contributed by atoms with van der Waals surface area (Å²) in [6.07, 6.45) is -1.49. The minimum absolute atomic E-state index is 0.744. The molecule has 0 aliphatic heterocycles. The molecule has 2 aromatic rings. The maximum atomic E-state index is 9.19. The van der Waals surface area contributed by atoms with E-state index < -0.39 is 12.2 Å². The van der Waals surface area contributed by atoms with Gasteiger partial charge in [0.15, 0.2) is 12.2 Å². The highest BCUT2D eigenvalue weighted by Gasteiger charge is 2.18. The molecular formula is C16H12N2O. The van der Waals surface area contributed by atoms with Gasteiger partial charge in [-0.1, -0.05) is 60.7 Å². The standard InChI is InChI=1S/C16H12N2O/c17-11-15(13-7-3-1-4-8-13)19-16(12-18)14-9-5-2-6-10-14/h1-10,15-16H. The third-order valence-corrected chi connectivity index (χ3v) is 2.71. The first-order chi connectivity index (χ1) is 9.35. The minimum atomic E-state index is -0.744. The summed E-state index contributed by atoms with van der Waals surface area (Å²) in [7, 11) is 0. The van der Waals surface area contributed by atoms with Crippen molar-refractivity contribution in [2.24, 2.45) is 0 Å². The van der Waals surface area contributed by atoms with Crippen LogP contribution in [-0.2, 0) is 4.74 Å². The predicted octanol–water partition coefficient (Wildman–Crippen LogP) is 3.53. The smallest absolute Gasteiger partial charge is 0.171 e. The van der Waals surface area contributed by atoms with E-state index in [1.54, 1.807) is 0 Å². The summed E-state index contributed by atoms with van der Waals surface area (Å²) in [5.74, 6) is 0. The van der Waals surface area contributed by atoms with Crippen LogP contribution >= 0.6 is 0 Å². The number of nitrogens with zero attached hydrogens (tertiary/aromatic N) is 2. The zero-order valence-corrected chi connectivity index (χ0v) is 10.2. The molecule has 0 heterocycles. The van der Waals surface area contributed by atoms with Crippen LogP contribution in [0.5, 0.6) is 0 Å². The van der Waals surface area contributed by atoms with Crippen LogP contribution < -0.4 is 0 Å². The molecule has 0 aliphatic carbocycles. The van der Waals surface area contributed by atoms with Gasteiger partial charge in [-0.3, -0.25) is 0 Å². The fourth-order valence-electron chi connectivity index (χ4n) is 1.76. The number of rotatable bonds is 4. The molecule has 92 valence electrons. The Balaban J connectivity index is 2.19. The topological polar surface area (TPSA) is 56.8 Å². The molecule has 0 saturated carbocycles. The van der Waals surface area contributed by atoms with Gasteiger partial charge in [0.05, 0.1) is 12.1 Å². The monoisotopic (exact) mass is 248 g/mol. The summed E-state index contributed by atoms with van der Waals surface area (Å²) in [4.78, 5) is 0. The third kappa shape index (κ3) is 3.19. The third-order valence-electron chi connectivity index (χ3n) is 2.71. The molecule has 2 aromatic carbocycles. The van der Waals surface area contributed by atoms with Gasteiger partial charge in [0, 0.05) is 0 Å². The van der Waals surface area contributed by atoms with Crippen molar-refractivity contribution in [1.82, 2.24) is 0 Å². The Kier molecular flexibility index (Phi) is 4.29. The fraction of sp³-hybridized carbons (Fsp3) is 0.125. The van der Waals surface area contributed by atoms with E-state index in [1.165, 1.54) is 0 Å². The highest BCUT2D eigenvalue weighted by atomic mass is 16.5. The van der Waals surface area contributed by atoms with E-state index in [4.69, 9.17) is 4.74 Å². The average Bonchev–Trinajstić information content (AvgIpc) is 2.50. The molecule has 0 amide bonds. The number of hydrogen-bond donors (Lipinski definition) is 0. The van der Waals surface area contributed by atoms with E-state index in [-0.39, 0.29) is 0 Å². The van der Waals surface area contributed by atoms with Crippen molar-refractivity contribution in [1.29, 1.82) is 10.5 Å². The summed E-state index contributed by atoms with van der Waals surface area (Å²) >= 11 is 0. The van der Waals surface area contributed by atoms with Crippen LogP contribution in [0.15, 0.2) is 60.7 Å². The molecule has 0 radical (unpaired) electrons. The highest BCUT2D eigenvalue weighted by Crippen LogP contribution is 2.25. The van der Waals surface area contributed by atoms with Gasteiger partial charge in [-0.15, -0.1) is 0 Å². The summed E-state index contributed by atoms with van der Waals surface area (Å²) in [6, 6.07) is 22.5. The molecule has 0 N–H and O–H groups in total. The Morgan fingerprint density at radius 1 is 0.684 bits per heavy atom. The number of hydrogen-bond acceptors (Lipinski definition) is 3. The second kappa shape index (κ2) is 6.35. The summed E-state index contributed by atoms with van der Waals surface area (Å²) in [5, 5.41) is 18.4. The molecule has 2 rings (SSSR count). The molecule has 0 aliphatic rings. The maximum Gasteiger partial charge on any atom is 0.171 e. The van der Waals surface area contributed by atoms with Gasteiger partial charge in [0.2, 0.25) is 0 Å². The van der Waals surface area contributed by atoms with Crippen LogP contribution in [0.1, 0.15) is 23.3 Å². The summed E-state index contributed by atoms with van der Waals surface area (Å²) in [5.41, 5.74) is 1.50. The maximum absolute atomic E-state index is 9.19. The Morgan fingerprint density at radius 2 is 1.05 bits per heavy atom. The molecule has 0 fully saturated rings. The van der Waals surface area contributed by atoms with Crippen LogP contribution in [0, 0.1) is 22.7 Å². The molecule has 19 heavy (non-hydrogen) atoms. The number of ether oxygens (including phenoxy) is 1. The minimum Gasteiger partial charge on any atom is -0.336 e. The van der Waals surface area contributed by atoms with E-state index >= 15 is 0 Å². The summed E-state index contributed by atoms with van der Waals surface area (Å²) in [6.45, 7) is 0. The Labute approximate surface area is 112 Å². The fourth-order valence-corrected chi connectivity index (χ4v) is 1.76. The molecular weight excluding hydrogens is 236 g/mol. The molecule has 0 spiro atoms. The molecule has 0 bridgehead atoms. The zero-order valence-electron chi connectivity index (χ0n) is 10.2. The van der Waals surface area contributed by atoms with Crippen LogP contribution in [0.4, 0.5) is 0 Å². The number of benzene rings is 2. The quantitative estimate of drug-likeness (QED) is 0.831. The first kappa shape index (κ1) is 12.8. The van der Waals surface area contributed by atoms with E-state index in [1.807, 2.05) is 60.7 Å². The van der Waals surface area contributed by atoms with Gasteiger partial charge in [-0.25, -0.2) is 0 Å². The Hall–Kier alpha value is -2.62. The molecule has 2 unspecified atom stereocenters. The largest absolute Gasteiger partial charge is 0.336 e. The first-order valence-electron chi connectivity index (χ1n) is 5.89. The predicted molar refractivity (Wildman–Crippen MR) is 70.7 cm³/mol. The zero-order chi connectivity index (χ0) is 13.5. The van der Waals surface area contributed by atoms with Crippen molar-refractivity contribution in [3.05, 3.63) is 71.8 Å². The van der Waals surface area contributed by atoms with Crippen LogP contribution in [-0.4, -0.2) is 0 Å². The van der Waals surface area contributed by atoms with E-state index in [2.05, 4.69) is 12.1 Å². The second-order valence-corrected chi connectivity index (χ2v) is 3.98. The van der Waals surface area contributed by atoms with Crippen LogP contribution in [0.2, 0.25) is 0 Å². The van der Waals surface area contributed by atoms with Crippen LogP contribution in [0.25, 0.3) is 0 Å².